The van der Waals surface area contributed by atoms with Gasteiger partial charge in [-0.2, -0.15) is 0 Å². The highest BCUT2D eigenvalue weighted by Crippen LogP contribution is 2.20. The molecule has 0 unspecified atom stereocenters. The Morgan fingerprint density at radius 1 is 1.33 bits per heavy atom. The minimum absolute atomic E-state index is 0.216. The Hall–Kier alpha value is -1.67. The molecule has 0 radical (unpaired) electrons. The van der Waals surface area contributed by atoms with Crippen LogP contribution in [-0.4, -0.2) is 11.6 Å². The summed E-state index contributed by atoms with van der Waals surface area (Å²) in [6, 6.07) is 3.03. The van der Waals surface area contributed by atoms with E-state index in [4.69, 9.17) is 27.9 Å². The van der Waals surface area contributed by atoms with Crippen LogP contribution in [0.1, 0.15) is 0 Å². The normalized spacial score (nSPS) is 14.4. The van der Waals surface area contributed by atoms with Crippen LogP contribution in [0, 0.1) is 0 Å². The van der Waals surface area contributed by atoms with E-state index in [0.717, 1.165) is 5.57 Å². The number of aromatic nitrogens is 1. The molecule has 0 bridgehead atoms. The van der Waals surface area contributed by atoms with E-state index in [1.807, 2.05) is 0 Å². The van der Waals surface area contributed by atoms with Gasteiger partial charge in [0.1, 0.15) is 12.4 Å². The van der Waals surface area contributed by atoms with Crippen molar-refractivity contribution in [2.75, 3.05) is 6.61 Å². The number of ether oxygens (including phenoxy) is 1. The Morgan fingerprint density at radius 3 is 2.94 bits per heavy atom. The van der Waals surface area contributed by atoms with Gasteiger partial charge in [-0.15, -0.1) is 5.73 Å². The highest BCUT2D eigenvalue weighted by atomic mass is 35.5. The summed E-state index contributed by atoms with van der Waals surface area (Å²) in [5.74, 6) is 0.479. The summed E-state index contributed by atoms with van der Waals surface area (Å²) < 4.78 is 5.47. The third kappa shape index (κ3) is 3.41. The molecule has 18 heavy (non-hydrogen) atoms. The molecule has 0 saturated carbocycles. The quantitative estimate of drug-likeness (QED) is 0.865. The highest BCUT2D eigenvalue weighted by Gasteiger charge is 2.04. The van der Waals surface area contributed by atoms with E-state index in [9.17, 15) is 4.79 Å². The van der Waals surface area contributed by atoms with E-state index >= 15 is 0 Å². The molecular formula is C13H9Cl2NO2. The number of rotatable bonds is 3. The number of hydrogen-bond donors (Lipinski definition) is 1. The number of H-pyrrole nitrogens is 1. The van der Waals surface area contributed by atoms with Crippen molar-refractivity contribution in [3.63, 3.8) is 0 Å². The van der Waals surface area contributed by atoms with Crippen LogP contribution in [0.25, 0.3) is 0 Å². The lowest BCUT2D eigenvalue weighted by atomic mass is 10.2. The molecular weight excluding hydrogens is 273 g/mol. The predicted molar refractivity (Wildman–Crippen MR) is 72.0 cm³/mol. The molecule has 3 nitrogen and oxygen atoms in total. The minimum Gasteiger partial charge on any atom is -0.489 e. The lowest BCUT2D eigenvalue weighted by Crippen LogP contribution is -2.06. The van der Waals surface area contributed by atoms with Crippen LogP contribution in [0.15, 0.2) is 62.7 Å². The third-order valence-electron chi connectivity index (χ3n) is 2.19. The SMILES string of the molecule is O=c1cc(OCC2=C(Cl)C=C(Cl)C=C=C2)cc[nH]1. The summed E-state index contributed by atoms with van der Waals surface area (Å²) in [5.41, 5.74) is 3.41. The van der Waals surface area contributed by atoms with Gasteiger partial charge in [-0.1, -0.05) is 23.2 Å². The van der Waals surface area contributed by atoms with Crippen molar-refractivity contribution in [1.82, 2.24) is 4.98 Å². The van der Waals surface area contributed by atoms with Gasteiger partial charge < -0.3 is 9.72 Å². The maximum absolute atomic E-state index is 11.1. The zero-order valence-electron chi connectivity index (χ0n) is 9.24. The second-order valence-corrected chi connectivity index (χ2v) is 4.38. The molecule has 1 aromatic rings. The maximum atomic E-state index is 11.1. The highest BCUT2D eigenvalue weighted by molar-refractivity contribution is 6.35. The van der Waals surface area contributed by atoms with Crippen molar-refractivity contribution in [2.24, 2.45) is 0 Å². The predicted octanol–water partition coefficient (Wildman–Crippen LogP) is 3.09. The Morgan fingerprint density at radius 2 is 2.17 bits per heavy atom. The molecule has 1 N–H and O–H groups in total. The van der Waals surface area contributed by atoms with Crippen LogP contribution in [-0.2, 0) is 0 Å². The minimum atomic E-state index is -0.216. The monoisotopic (exact) mass is 281 g/mol. The Bertz CT molecular complexity index is 634. The fourth-order valence-corrected chi connectivity index (χ4v) is 1.79. The van der Waals surface area contributed by atoms with Crippen molar-refractivity contribution >= 4 is 23.2 Å². The fraction of sp³-hybridized carbons (Fsp3) is 0.0769. The summed E-state index contributed by atoms with van der Waals surface area (Å²) in [5, 5.41) is 0.994. The summed E-state index contributed by atoms with van der Waals surface area (Å²) in [6.07, 6.45) is 6.45. The van der Waals surface area contributed by atoms with Crippen molar-refractivity contribution < 1.29 is 4.74 Å². The van der Waals surface area contributed by atoms with Gasteiger partial charge in [0, 0.05) is 27.9 Å². The second-order valence-electron chi connectivity index (χ2n) is 3.54. The summed E-state index contributed by atoms with van der Waals surface area (Å²) in [4.78, 5) is 13.6. The molecule has 5 heteroatoms. The van der Waals surface area contributed by atoms with E-state index in [2.05, 4.69) is 10.7 Å². The van der Waals surface area contributed by atoms with Gasteiger partial charge in [0.05, 0.1) is 0 Å². The number of hydrogen-bond acceptors (Lipinski definition) is 2. The van der Waals surface area contributed by atoms with Crippen molar-refractivity contribution in [1.29, 1.82) is 0 Å². The molecule has 0 atom stereocenters. The Kier molecular flexibility index (Phi) is 4.11. The zero-order valence-corrected chi connectivity index (χ0v) is 10.8. The van der Waals surface area contributed by atoms with E-state index in [1.54, 1.807) is 24.3 Å². The molecule has 92 valence electrons. The largest absolute Gasteiger partial charge is 0.489 e. The van der Waals surface area contributed by atoms with Gasteiger partial charge >= 0.3 is 0 Å². The number of allylic oxidation sites excluding steroid dienone is 3. The molecule has 2 rings (SSSR count). The number of halogens is 2. The molecule has 0 amide bonds. The molecule has 1 aliphatic rings. The smallest absolute Gasteiger partial charge is 0.251 e. The molecule has 1 aliphatic carbocycles. The van der Waals surface area contributed by atoms with E-state index < -0.39 is 0 Å². The first-order valence-electron chi connectivity index (χ1n) is 5.15. The number of aromatic amines is 1. The first-order chi connectivity index (χ1) is 8.65. The fourth-order valence-electron chi connectivity index (χ4n) is 1.33. The van der Waals surface area contributed by atoms with Crippen LogP contribution in [0.2, 0.25) is 0 Å². The molecule has 0 saturated heterocycles. The third-order valence-corrected chi connectivity index (χ3v) is 2.76. The lowest BCUT2D eigenvalue weighted by molar-refractivity contribution is 0.354. The molecule has 0 aliphatic heterocycles. The van der Waals surface area contributed by atoms with Crippen LogP contribution < -0.4 is 10.3 Å². The molecule has 0 fully saturated rings. The van der Waals surface area contributed by atoms with Gasteiger partial charge in [-0.25, -0.2) is 0 Å². The van der Waals surface area contributed by atoms with Crippen LogP contribution in [0.3, 0.4) is 0 Å². The molecule has 0 aromatic carbocycles. The van der Waals surface area contributed by atoms with Crippen LogP contribution >= 0.6 is 23.2 Å². The summed E-state index contributed by atoms with van der Waals surface area (Å²) in [6.45, 7) is 0.240. The molecule has 0 spiro atoms. The first kappa shape index (κ1) is 12.8. The van der Waals surface area contributed by atoms with Gasteiger partial charge in [0.15, 0.2) is 0 Å². The Balaban J connectivity index is 2.13. The lowest BCUT2D eigenvalue weighted by Gasteiger charge is -2.06. The van der Waals surface area contributed by atoms with Crippen molar-refractivity contribution in [2.45, 2.75) is 0 Å². The van der Waals surface area contributed by atoms with Crippen molar-refractivity contribution in [3.05, 3.63) is 68.3 Å². The van der Waals surface area contributed by atoms with Gasteiger partial charge in [-0.3, -0.25) is 4.79 Å². The first-order valence-corrected chi connectivity index (χ1v) is 5.90. The summed E-state index contributed by atoms with van der Waals surface area (Å²) >= 11 is 11.9. The van der Waals surface area contributed by atoms with Crippen molar-refractivity contribution in [3.8, 4) is 5.75 Å². The topological polar surface area (TPSA) is 42.1 Å². The van der Waals surface area contributed by atoms with Gasteiger partial charge in [-0.05, 0) is 24.3 Å². The number of nitrogens with one attached hydrogen (secondary N) is 1. The molecule has 1 heterocycles. The van der Waals surface area contributed by atoms with Crippen LogP contribution in [0.5, 0.6) is 5.75 Å². The second kappa shape index (κ2) is 5.78. The summed E-state index contributed by atoms with van der Waals surface area (Å²) in [7, 11) is 0. The van der Waals surface area contributed by atoms with Gasteiger partial charge in [0.2, 0.25) is 0 Å². The standard InChI is InChI=1S/C13H9Cl2NO2/c14-10-3-1-2-9(12(15)6-10)8-18-11-4-5-16-13(17)7-11/h2-7H,8H2,(H,16,17). The zero-order chi connectivity index (χ0) is 13.0. The van der Waals surface area contributed by atoms with E-state index in [0.29, 0.717) is 15.8 Å². The average Bonchev–Trinajstić information content (AvgIpc) is 2.48. The molecule has 1 aromatic heterocycles. The van der Waals surface area contributed by atoms with Crippen LogP contribution in [0.4, 0.5) is 0 Å². The van der Waals surface area contributed by atoms with E-state index in [-0.39, 0.29) is 12.2 Å². The van der Waals surface area contributed by atoms with E-state index in [1.165, 1.54) is 12.3 Å². The Labute approximate surface area is 114 Å². The number of pyridine rings is 1. The van der Waals surface area contributed by atoms with Gasteiger partial charge in [0.25, 0.3) is 5.56 Å². The maximum Gasteiger partial charge on any atom is 0.251 e. The average molecular weight is 282 g/mol.